The second-order valence-electron chi connectivity index (χ2n) is 5.98. The lowest BCUT2D eigenvalue weighted by atomic mass is 9.66. The van der Waals surface area contributed by atoms with Crippen molar-refractivity contribution in [3.8, 4) is 0 Å². The Balaban J connectivity index is 2.05. The fourth-order valence-corrected chi connectivity index (χ4v) is 3.35. The first-order valence-corrected chi connectivity index (χ1v) is 7.26. The highest BCUT2D eigenvalue weighted by atomic mass is 16.4. The lowest BCUT2D eigenvalue weighted by molar-refractivity contribution is -0.152. The molecule has 1 aromatic rings. The Hall–Kier alpha value is -1.32. The predicted octanol–water partition coefficient (Wildman–Crippen LogP) is 3.02. The summed E-state index contributed by atoms with van der Waals surface area (Å²) in [7, 11) is 1.89. The van der Waals surface area contributed by atoms with Gasteiger partial charge in [0.25, 0.3) is 0 Å². The molecule has 19 heavy (non-hydrogen) atoms. The molecule has 106 valence electrons. The van der Waals surface area contributed by atoms with Crippen molar-refractivity contribution in [2.24, 2.45) is 18.4 Å². The Morgan fingerprint density at radius 1 is 1.63 bits per heavy atom. The number of aliphatic carboxylic acids is 1. The number of hydrogen-bond acceptors (Lipinski definition) is 2. The second-order valence-corrected chi connectivity index (χ2v) is 5.98. The molecule has 1 aliphatic rings. The number of rotatable bonds is 5. The smallest absolute Gasteiger partial charge is 0.309 e. The molecule has 4 heteroatoms. The van der Waals surface area contributed by atoms with E-state index in [4.69, 9.17) is 0 Å². The second kappa shape index (κ2) is 5.76. The molecule has 1 aliphatic carbocycles. The molecule has 1 heterocycles. The summed E-state index contributed by atoms with van der Waals surface area (Å²) >= 11 is 0. The monoisotopic (exact) mass is 264 g/mol. The van der Waals surface area contributed by atoms with E-state index < -0.39 is 11.4 Å². The highest BCUT2D eigenvalue weighted by Gasteiger charge is 2.41. The molecule has 0 spiro atoms. The summed E-state index contributed by atoms with van der Waals surface area (Å²) in [6, 6.07) is 0. The average Bonchev–Trinajstić information content (AvgIpc) is 2.82. The van der Waals surface area contributed by atoms with E-state index in [0.717, 1.165) is 44.1 Å². The van der Waals surface area contributed by atoms with Crippen LogP contribution in [-0.2, 0) is 18.3 Å². The number of carbonyl (C=O) groups is 1. The minimum Gasteiger partial charge on any atom is -0.481 e. The van der Waals surface area contributed by atoms with Gasteiger partial charge in [-0.1, -0.05) is 26.2 Å². The zero-order chi connectivity index (χ0) is 13.9. The fraction of sp³-hybridized carbons (Fsp3) is 0.733. The Labute approximate surface area is 114 Å². The van der Waals surface area contributed by atoms with Gasteiger partial charge in [0.15, 0.2) is 0 Å². The lowest BCUT2D eigenvalue weighted by Gasteiger charge is -2.37. The van der Waals surface area contributed by atoms with Crippen molar-refractivity contribution in [2.45, 2.75) is 51.9 Å². The first-order chi connectivity index (χ1) is 9.05. The SMILES string of the molecule is CCC1CCCC(CCc2cnn(C)c2)(C(=O)O)C1. The maximum Gasteiger partial charge on any atom is 0.309 e. The van der Waals surface area contributed by atoms with Gasteiger partial charge in [-0.3, -0.25) is 9.48 Å². The molecule has 1 aromatic heterocycles. The summed E-state index contributed by atoms with van der Waals surface area (Å²) in [6.45, 7) is 2.17. The van der Waals surface area contributed by atoms with E-state index >= 15 is 0 Å². The third-order valence-electron chi connectivity index (χ3n) is 4.63. The number of carboxylic acids is 1. The molecule has 0 radical (unpaired) electrons. The Bertz CT molecular complexity index is 441. The van der Waals surface area contributed by atoms with E-state index in [0.29, 0.717) is 5.92 Å². The van der Waals surface area contributed by atoms with Gasteiger partial charge in [0.2, 0.25) is 0 Å². The van der Waals surface area contributed by atoms with E-state index in [-0.39, 0.29) is 0 Å². The first-order valence-electron chi connectivity index (χ1n) is 7.26. The first kappa shape index (κ1) is 14.1. The molecule has 4 nitrogen and oxygen atoms in total. The van der Waals surface area contributed by atoms with Crippen molar-refractivity contribution in [1.29, 1.82) is 0 Å². The van der Waals surface area contributed by atoms with E-state index in [2.05, 4.69) is 12.0 Å². The van der Waals surface area contributed by atoms with Crippen molar-refractivity contribution in [3.05, 3.63) is 18.0 Å². The van der Waals surface area contributed by atoms with Gasteiger partial charge in [-0.15, -0.1) is 0 Å². The summed E-state index contributed by atoms with van der Waals surface area (Å²) < 4.78 is 1.78. The zero-order valence-electron chi connectivity index (χ0n) is 11.9. The Morgan fingerprint density at radius 3 is 3.00 bits per heavy atom. The molecule has 1 fully saturated rings. The van der Waals surface area contributed by atoms with Crippen LogP contribution >= 0.6 is 0 Å². The highest BCUT2D eigenvalue weighted by Crippen LogP contribution is 2.44. The van der Waals surface area contributed by atoms with Gasteiger partial charge in [-0.25, -0.2) is 0 Å². The third kappa shape index (κ3) is 3.17. The van der Waals surface area contributed by atoms with Gasteiger partial charge in [-0.05, 0) is 37.2 Å². The standard InChI is InChI=1S/C15H24N2O2/c1-3-12-5-4-7-15(9-12,14(18)19)8-6-13-10-16-17(2)11-13/h10-12H,3-9H2,1-2H3,(H,18,19). The lowest BCUT2D eigenvalue weighted by Crippen LogP contribution is -2.36. The Morgan fingerprint density at radius 2 is 2.42 bits per heavy atom. The van der Waals surface area contributed by atoms with E-state index in [1.165, 1.54) is 6.42 Å². The topological polar surface area (TPSA) is 55.1 Å². The molecule has 0 bridgehead atoms. The van der Waals surface area contributed by atoms with Crippen LogP contribution in [0.5, 0.6) is 0 Å². The number of aromatic nitrogens is 2. The molecule has 1 N–H and O–H groups in total. The molecule has 1 saturated carbocycles. The van der Waals surface area contributed by atoms with Crippen LogP contribution in [0.4, 0.5) is 0 Å². The van der Waals surface area contributed by atoms with E-state index in [1.807, 2.05) is 19.4 Å². The molecule has 0 saturated heterocycles. The fourth-order valence-electron chi connectivity index (χ4n) is 3.35. The van der Waals surface area contributed by atoms with Crippen LogP contribution in [0.2, 0.25) is 0 Å². The maximum absolute atomic E-state index is 11.7. The summed E-state index contributed by atoms with van der Waals surface area (Å²) in [5.41, 5.74) is 0.635. The zero-order valence-corrected chi connectivity index (χ0v) is 11.9. The number of aryl methyl sites for hydroxylation is 2. The minimum atomic E-state index is -0.602. The Kier molecular flexibility index (Phi) is 4.27. The predicted molar refractivity (Wildman–Crippen MR) is 73.8 cm³/mol. The van der Waals surface area contributed by atoms with Crippen LogP contribution < -0.4 is 0 Å². The van der Waals surface area contributed by atoms with Crippen molar-refractivity contribution in [1.82, 2.24) is 9.78 Å². The third-order valence-corrected chi connectivity index (χ3v) is 4.63. The van der Waals surface area contributed by atoms with Crippen LogP contribution in [0.1, 0.15) is 51.0 Å². The van der Waals surface area contributed by atoms with E-state index in [1.54, 1.807) is 4.68 Å². The normalized spacial score (nSPS) is 27.4. The maximum atomic E-state index is 11.7. The molecule has 2 unspecified atom stereocenters. The molecular formula is C15H24N2O2. The minimum absolute atomic E-state index is 0.505. The largest absolute Gasteiger partial charge is 0.481 e. The number of nitrogens with zero attached hydrogens (tertiary/aromatic N) is 2. The molecular weight excluding hydrogens is 240 g/mol. The summed E-state index contributed by atoms with van der Waals surface area (Å²) in [5.74, 6) is -0.0201. The van der Waals surface area contributed by atoms with Gasteiger partial charge in [0, 0.05) is 13.2 Å². The van der Waals surface area contributed by atoms with Crippen LogP contribution in [-0.4, -0.2) is 20.9 Å². The van der Waals surface area contributed by atoms with Gasteiger partial charge in [0.05, 0.1) is 11.6 Å². The van der Waals surface area contributed by atoms with Crippen LogP contribution in [0, 0.1) is 11.3 Å². The summed E-state index contributed by atoms with van der Waals surface area (Å²) in [4.78, 5) is 11.7. The van der Waals surface area contributed by atoms with Crippen molar-refractivity contribution >= 4 is 5.97 Å². The van der Waals surface area contributed by atoms with Gasteiger partial charge < -0.3 is 5.11 Å². The van der Waals surface area contributed by atoms with Crippen molar-refractivity contribution < 1.29 is 9.90 Å². The molecule has 2 rings (SSSR count). The molecule has 0 aliphatic heterocycles. The van der Waals surface area contributed by atoms with Crippen LogP contribution in [0.3, 0.4) is 0 Å². The molecule has 0 amide bonds. The van der Waals surface area contributed by atoms with Gasteiger partial charge >= 0.3 is 5.97 Å². The van der Waals surface area contributed by atoms with Crippen LogP contribution in [0.15, 0.2) is 12.4 Å². The van der Waals surface area contributed by atoms with Crippen LogP contribution in [0.25, 0.3) is 0 Å². The highest BCUT2D eigenvalue weighted by molar-refractivity contribution is 5.74. The summed E-state index contributed by atoms with van der Waals surface area (Å²) in [6.07, 6.45) is 10.4. The van der Waals surface area contributed by atoms with Crippen molar-refractivity contribution in [2.75, 3.05) is 0 Å². The molecule has 2 atom stereocenters. The van der Waals surface area contributed by atoms with Gasteiger partial charge in [-0.2, -0.15) is 5.10 Å². The number of hydrogen-bond donors (Lipinski definition) is 1. The number of carboxylic acid groups (broad SMARTS) is 1. The summed E-state index contributed by atoms with van der Waals surface area (Å²) in [5, 5.41) is 13.8. The average molecular weight is 264 g/mol. The van der Waals surface area contributed by atoms with Gasteiger partial charge in [0.1, 0.15) is 0 Å². The quantitative estimate of drug-likeness (QED) is 0.889. The van der Waals surface area contributed by atoms with E-state index in [9.17, 15) is 9.90 Å². The van der Waals surface area contributed by atoms with Crippen molar-refractivity contribution in [3.63, 3.8) is 0 Å². The molecule has 0 aromatic carbocycles.